The van der Waals surface area contributed by atoms with E-state index in [4.69, 9.17) is 9.47 Å². The van der Waals surface area contributed by atoms with E-state index in [0.717, 1.165) is 6.42 Å². The van der Waals surface area contributed by atoms with Crippen molar-refractivity contribution >= 4 is 0 Å². The summed E-state index contributed by atoms with van der Waals surface area (Å²) in [6.07, 6.45) is 0.510. The lowest BCUT2D eigenvalue weighted by atomic mass is 10.0. The largest absolute Gasteiger partial charge is 0.390 e. The lowest BCUT2D eigenvalue weighted by Crippen LogP contribution is -2.23. The molecule has 0 saturated heterocycles. The minimum Gasteiger partial charge on any atom is -0.390 e. The van der Waals surface area contributed by atoms with Crippen LogP contribution in [0.4, 0.5) is 0 Å². The lowest BCUT2D eigenvalue weighted by molar-refractivity contribution is 0.0205. The van der Waals surface area contributed by atoms with Crippen LogP contribution in [-0.2, 0) is 9.47 Å². The molecule has 3 heteroatoms. The van der Waals surface area contributed by atoms with Crippen LogP contribution in [0.3, 0.4) is 0 Å². The number of aliphatic hydroxyl groups is 1. The van der Waals surface area contributed by atoms with E-state index in [0.29, 0.717) is 13.2 Å². The molecule has 0 aromatic heterocycles. The van der Waals surface area contributed by atoms with Crippen LogP contribution in [0, 0.1) is 5.92 Å². The van der Waals surface area contributed by atoms with Gasteiger partial charge in [0.25, 0.3) is 0 Å². The van der Waals surface area contributed by atoms with Crippen LogP contribution < -0.4 is 0 Å². The standard InChI is InChI=1S/C8H18O3/c1-7(4-5-10-2)8(9)6-11-3/h7-9H,4-6H2,1-3H3. The number of methoxy groups -OCH3 is 2. The zero-order valence-electron chi connectivity index (χ0n) is 7.54. The van der Waals surface area contributed by atoms with Gasteiger partial charge in [0, 0.05) is 20.8 Å². The van der Waals surface area contributed by atoms with Gasteiger partial charge in [-0.2, -0.15) is 0 Å². The molecule has 0 bridgehead atoms. The molecule has 3 nitrogen and oxygen atoms in total. The third kappa shape index (κ3) is 5.18. The summed E-state index contributed by atoms with van der Waals surface area (Å²) >= 11 is 0. The normalized spacial score (nSPS) is 16.4. The summed E-state index contributed by atoms with van der Waals surface area (Å²) in [5.41, 5.74) is 0. The fourth-order valence-corrected chi connectivity index (χ4v) is 0.831. The number of hydrogen-bond acceptors (Lipinski definition) is 3. The van der Waals surface area contributed by atoms with Crippen molar-refractivity contribution in [3.8, 4) is 0 Å². The molecule has 0 radical (unpaired) electrons. The molecule has 0 fully saturated rings. The fraction of sp³-hybridized carbons (Fsp3) is 1.00. The summed E-state index contributed by atoms with van der Waals surface area (Å²) in [5.74, 6) is 0.245. The Morgan fingerprint density at radius 1 is 1.27 bits per heavy atom. The Hall–Kier alpha value is -0.120. The zero-order valence-corrected chi connectivity index (χ0v) is 7.54. The first-order valence-corrected chi connectivity index (χ1v) is 3.88. The summed E-state index contributed by atoms with van der Waals surface area (Å²) in [6, 6.07) is 0. The number of hydrogen-bond donors (Lipinski definition) is 1. The Morgan fingerprint density at radius 3 is 2.36 bits per heavy atom. The summed E-state index contributed by atoms with van der Waals surface area (Å²) in [5, 5.41) is 9.36. The second-order valence-corrected chi connectivity index (χ2v) is 2.78. The molecule has 2 atom stereocenters. The molecule has 0 saturated carbocycles. The molecule has 0 aliphatic carbocycles. The van der Waals surface area contributed by atoms with Crippen molar-refractivity contribution in [3.05, 3.63) is 0 Å². The van der Waals surface area contributed by atoms with Gasteiger partial charge in [-0.15, -0.1) is 0 Å². The predicted molar refractivity (Wildman–Crippen MR) is 43.5 cm³/mol. The van der Waals surface area contributed by atoms with E-state index >= 15 is 0 Å². The van der Waals surface area contributed by atoms with Crippen molar-refractivity contribution in [2.75, 3.05) is 27.4 Å². The molecular formula is C8H18O3. The van der Waals surface area contributed by atoms with Crippen molar-refractivity contribution in [1.29, 1.82) is 0 Å². The lowest BCUT2D eigenvalue weighted by Gasteiger charge is -2.16. The highest BCUT2D eigenvalue weighted by molar-refractivity contribution is 4.62. The van der Waals surface area contributed by atoms with Gasteiger partial charge >= 0.3 is 0 Å². The highest BCUT2D eigenvalue weighted by Gasteiger charge is 2.12. The minimum atomic E-state index is -0.366. The van der Waals surface area contributed by atoms with Gasteiger partial charge < -0.3 is 14.6 Å². The van der Waals surface area contributed by atoms with Crippen molar-refractivity contribution < 1.29 is 14.6 Å². The Morgan fingerprint density at radius 2 is 1.91 bits per heavy atom. The Bertz CT molecular complexity index is 85.4. The molecule has 0 aromatic carbocycles. The average Bonchev–Trinajstić information content (AvgIpc) is 2.00. The van der Waals surface area contributed by atoms with E-state index in [1.807, 2.05) is 6.92 Å². The molecule has 0 aliphatic rings. The minimum absolute atomic E-state index is 0.245. The molecule has 2 unspecified atom stereocenters. The van der Waals surface area contributed by atoms with Gasteiger partial charge in [0.05, 0.1) is 12.7 Å². The molecule has 1 N–H and O–H groups in total. The quantitative estimate of drug-likeness (QED) is 0.623. The zero-order chi connectivity index (χ0) is 8.69. The van der Waals surface area contributed by atoms with E-state index in [1.54, 1.807) is 14.2 Å². The fourth-order valence-electron chi connectivity index (χ4n) is 0.831. The predicted octanol–water partition coefficient (Wildman–Crippen LogP) is 0.666. The van der Waals surface area contributed by atoms with Crippen LogP contribution in [0.25, 0.3) is 0 Å². The van der Waals surface area contributed by atoms with Gasteiger partial charge in [-0.25, -0.2) is 0 Å². The van der Waals surface area contributed by atoms with E-state index in [2.05, 4.69) is 0 Å². The molecule has 68 valence electrons. The molecule has 0 heterocycles. The van der Waals surface area contributed by atoms with Gasteiger partial charge in [-0.3, -0.25) is 0 Å². The Kier molecular flexibility index (Phi) is 6.51. The first-order valence-electron chi connectivity index (χ1n) is 3.88. The number of ether oxygens (including phenoxy) is 2. The third-order valence-corrected chi connectivity index (χ3v) is 1.77. The molecule has 0 amide bonds. The molecule has 11 heavy (non-hydrogen) atoms. The SMILES string of the molecule is COCCC(C)C(O)COC. The molecule has 0 rings (SSSR count). The monoisotopic (exact) mass is 162 g/mol. The van der Waals surface area contributed by atoms with Gasteiger partial charge in [-0.05, 0) is 12.3 Å². The second-order valence-electron chi connectivity index (χ2n) is 2.78. The van der Waals surface area contributed by atoms with Crippen LogP contribution in [-0.4, -0.2) is 38.6 Å². The summed E-state index contributed by atoms with van der Waals surface area (Å²) in [4.78, 5) is 0. The van der Waals surface area contributed by atoms with Crippen molar-refractivity contribution in [3.63, 3.8) is 0 Å². The maximum Gasteiger partial charge on any atom is 0.0799 e. The topological polar surface area (TPSA) is 38.7 Å². The van der Waals surface area contributed by atoms with Crippen molar-refractivity contribution in [2.45, 2.75) is 19.4 Å². The van der Waals surface area contributed by atoms with Crippen LogP contribution >= 0.6 is 0 Å². The first-order chi connectivity index (χ1) is 5.22. The molecular weight excluding hydrogens is 144 g/mol. The molecule has 0 aliphatic heterocycles. The van der Waals surface area contributed by atoms with E-state index in [9.17, 15) is 5.11 Å². The van der Waals surface area contributed by atoms with E-state index in [-0.39, 0.29) is 12.0 Å². The Labute approximate surface area is 68.3 Å². The Balaban J connectivity index is 3.38. The summed E-state index contributed by atoms with van der Waals surface area (Å²) in [7, 11) is 3.25. The van der Waals surface area contributed by atoms with Crippen LogP contribution in [0.5, 0.6) is 0 Å². The van der Waals surface area contributed by atoms with E-state index < -0.39 is 0 Å². The van der Waals surface area contributed by atoms with Gasteiger partial charge in [-0.1, -0.05) is 6.92 Å². The van der Waals surface area contributed by atoms with Gasteiger partial charge in [0.15, 0.2) is 0 Å². The molecule has 0 spiro atoms. The van der Waals surface area contributed by atoms with Crippen molar-refractivity contribution in [1.82, 2.24) is 0 Å². The second kappa shape index (κ2) is 6.58. The summed E-state index contributed by atoms with van der Waals surface area (Å²) < 4.78 is 9.70. The van der Waals surface area contributed by atoms with Crippen LogP contribution in [0.1, 0.15) is 13.3 Å². The summed E-state index contributed by atoms with van der Waals surface area (Å²) in [6.45, 7) is 3.09. The first kappa shape index (κ1) is 10.9. The molecule has 0 aromatic rings. The average molecular weight is 162 g/mol. The van der Waals surface area contributed by atoms with Gasteiger partial charge in [0.1, 0.15) is 0 Å². The van der Waals surface area contributed by atoms with Crippen molar-refractivity contribution in [2.24, 2.45) is 5.92 Å². The van der Waals surface area contributed by atoms with Crippen LogP contribution in [0.2, 0.25) is 0 Å². The van der Waals surface area contributed by atoms with E-state index in [1.165, 1.54) is 0 Å². The van der Waals surface area contributed by atoms with Crippen LogP contribution in [0.15, 0.2) is 0 Å². The van der Waals surface area contributed by atoms with Gasteiger partial charge in [0.2, 0.25) is 0 Å². The third-order valence-electron chi connectivity index (χ3n) is 1.77. The number of rotatable bonds is 6. The highest BCUT2D eigenvalue weighted by atomic mass is 16.5. The maximum atomic E-state index is 9.36. The number of aliphatic hydroxyl groups excluding tert-OH is 1. The maximum absolute atomic E-state index is 9.36. The highest BCUT2D eigenvalue weighted by Crippen LogP contribution is 2.07. The smallest absolute Gasteiger partial charge is 0.0799 e.